The minimum absolute atomic E-state index is 0.0808. The third-order valence-electron chi connectivity index (χ3n) is 7.37. The van der Waals surface area contributed by atoms with E-state index in [0.29, 0.717) is 68.8 Å². The molecule has 0 aliphatic carbocycles. The van der Waals surface area contributed by atoms with Gasteiger partial charge in [0.05, 0.1) is 25.8 Å². The van der Waals surface area contributed by atoms with Gasteiger partial charge in [-0.2, -0.15) is 13.2 Å². The number of alkyl halides is 3. The SMILES string of the molecule is C[N+](C=O)(CCO)Cc1ccc(CN2CCN(C3CCN(c4ncc(C(F)(F)F)cc4F)CC3)C2=O)c(F)c1. The zero-order valence-electron chi connectivity index (χ0n) is 21.5. The van der Waals surface area contributed by atoms with Crippen molar-refractivity contribution < 1.29 is 41.1 Å². The maximum atomic E-state index is 14.9. The number of rotatable bonds is 9. The maximum Gasteiger partial charge on any atom is 0.417 e. The van der Waals surface area contributed by atoms with E-state index in [4.69, 9.17) is 0 Å². The summed E-state index contributed by atoms with van der Waals surface area (Å²) in [5.74, 6) is -1.67. The molecule has 1 atom stereocenters. The van der Waals surface area contributed by atoms with Crippen molar-refractivity contribution >= 4 is 18.3 Å². The molecule has 2 aromatic rings. The standard InChI is InChI=1S/C26H31F5N5O3/c1-36(17-38,10-11-37)16-18-2-3-19(22(27)12-18)15-34-8-9-35(25(34)39)21-4-6-33(7-5-21)24-23(28)13-20(14-32-24)26(29,30)31/h2-3,12-14,17,21,37H,4-11,15-16H2,1H3/q+1. The minimum atomic E-state index is -4.68. The maximum absolute atomic E-state index is 14.9. The van der Waals surface area contributed by atoms with Gasteiger partial charge in [0.2, 0.25) is 0 Å². The number of pyridine rings is 1. The summed E-state index contributed by atoms with van der Waals surface area (Å²) < 4.78 is 67.6. The average molecular weight is 557 g/mol. The molecule has 4 rings (SSSR count). The lowest BCUT2D eigenvalue weighted by molar-refractivity contribution is -0.839. The summed E-state index contributed by atoms with van der Waals surface area (Å²) in [7, 11) is 1.65. The first kappa shape index (κ1) is 28.7. The van der Waals surface area contributed by atoms with E-state index in [1.807, 2.05) is 0 Å². The third kappa shape index (κ3) is 6.47. The molecule has 2 aliphatic heterocycles. The van der Waals surface area contributed by atoms with Crippen LogP contribution >= 0.6 is 0 Å². The van der Waals surface area contributed by atoms with Crippen LogP contribution in [0.3, 0.4) is 0 Å². The molecule has 1 unspecified atom stereocenters. The number of carbonyl (C=O) groups excluding carboxylic acids is 2. The first-order valence-corrected chi connectivity index (χ1v) is 12.7. The van der Waals surface area contributed by atoms with Crippen molar-refractivity contribution in [2.75, 3.05) is 51.3 Å². The highest BCUT2D eigenvalue weighted by molar-refractivity contribution is 5.77. The van der Waals surface area contributed by atoms with E-state index >= 15 is 0 Å². The molecule has 1 aromatic carbocycles. The fourth-order valence-corrected chi connectivity index (χ4v) is 5.13. The van der Waals surface area contributed by atoms with Gasteiger partial charge in [0.25, 0.3) is 0 Å². The van der Waals surface area contributed by atoms with Gasteiger partial charge >= 0.3 is 18.6 Å². The van der Waals surface area contributed by atoms with Gasteiger partial charge < -0.3 is 19.8 Å². The Morgan fingerprint density at radius 2 is 1.82 bits per heavy atom. The molecule has 212 valence electrons. The van der Waals surface area contributed by atoms with E-state index in [9.17, 15) is 36.6 Å². The molecule has 0 bridgehead atoms. The number of quaternary nitrogens is 1. The summed E-state index contributed by atoms with van der Waals surface area (Å²) in [6.45, 7) is 1.85. The fraction of sp³-hybridized carbons (Fsp3) is 0.500. The molecule has 3 heterocycles. The summed E-state index contributed by atoms with van der Waals surface area (Å²) in [4.78, 5) is 33.0. The van der Waals surface area contributed by atoms with Gasteiger partial charge in [-0.05, 0) is 25.0 Å². The monoisotopic (exact) mass is 556 g/mol. The van der Waals surface area contributed by atoms with Crippen molar-refractivity contribution in [2.45, 2.75) is 38.1 Å². The Kier molecular flexibility index (Phi) is 8.40. The summed E-state index contributed by atoms with van der Waals surface area (Å²) in [5.41, 5.74) is -0.206. The molecule has 3 amide bonds. The van der Waals surface area contributed by atoms with Crippen LogP contribution in [0.15, 0.2) is 30.5 Å². The van der Waals surface area contributed by atoms with E-state index < -0.39 is 23.4 Å². The first-order valence-electron chi connectivity index (χ1n) is 12.7. The molecular weight excluding hydrogens is 525 g/mol. The van der Waals surface area contributed by atoms with Crippen LogP contribution in [0.1, 0.15) is 29.5 Å². The Morgan fingerprint density at radius 1 is 1.10 bits per heavy atom. The number of likely N-dealkylation sites (N-methyl/N-ethyl adjacent to an activating group) is 1. The number of aliphatic hydroxyl groups is 1. The van der Waals surface area contributed by atoms with Gasteiger partial charge in [-0.25, -0.2) is 23.4 Å². The lowest BCUT2D eigenvalue weighted by atomic mass is 10.0. The Morgan fingerprint density at radius 3 is 2.41 bits per heavy atom. The number of carbonyl (C=O) groups is 2. The van der Waals surface area contributed by atoms with Crippen molar-refractivity contribution in [1.29, 1.82) is 0 Å². The molecule has 39 heavy (non-hydrogen) atoms. The largest absolute Gasteiger partial charge is 0.417 e. The lowest BCUT2D eigenvalue weighted by Crippen LogP contribution is -2.47. The third-order valence-corrected chi connectivity index (χ3v) is 7.37. The van der Waals surface area contributed by atoms with E-state index in [0.717, 1.165) is 0 Å². The minimum Gasteiger partial charge on any atom is -0.390 e. The zero-order valence-corrected chi connectivity index (χ0v) is 21.5. The van der Waals surface area contributed by atoms with Gasteiger partial charge in [-0.3, -0.25) is 4.48 Å². The number of urea groups is 1. The van der Waals surface area contributed by atoms with E-state index in [-0.39, 0.29) is 48.6 Å². The second-order valence-electron chi connectivity index (χ2n) is 10.3. The molecule has 2 aliphatic rings. The molecule has 8 nitrogen and oxygen atoms in total. The van der Waals surface area contributed by atoms with Crippen molar-refractivity contribution in [3.05, 3.63) is 58.8 Å². The highest BCUT2D eigenvalue weighted by atomic mass is 19.4. The van der Waals surface area contributed by atoms with Gasteiger partial charge in [-0.1, -0.05) is 12.1 Å². The van der Waals surface area contributed by atoms with Crippen LogP contribution in [-0.4, -0.2) is 89.2 Å². The fourth-order valence-electron chi connectivity index (χ4n) is 5.13. The smallest absolute Gasteiger partial charge is 0.390 e. The highest BCUT2D eigenvalue weighted by Gasteiger charge is 2.37. The number of benzene rings is 1. The van der Waals surface area contributed by atoms with Crippen LogP contribution < -0.4 is 4.90 Å². The van der Waals surface area contributed by atoms with Gasteiger partial charge in [-0.15, -0.1) is 0 Å². The molecular formula is C26H31F5N5O3+. The van der Waals surface area contributed by atoms with Crippen molar-refractivity contribution in [3.8, 4) is 0 Å². The Hall–Kier alpha value is -3.32. The molecule has 0 spiro atoms. The van der Waals surface area contributed by atoms with E-state index in [1.165, 1.54) is 6.07 Å². The molecule has 0 radical (unpaired) electrons. The van der Waals surface area contributed by atoms with Crippen molar-refractivity contribution in [1.82, 2.24) is 14.8 Å². The second-order valence-corrected chi connectivity index (χ2v) is 10.3. The second kappa shape index (κ2) is 11.4. The van der Waals surface area contributed by atoms with Crippen LogP contribution in [0.4, 0.5) is 32.6 Å². The highest BCUT2D eigenvalue weighted by Crippen LogP contribution is 2.32. The lowest BCUT2D eigenvalue weighted by Gasteiger charge is -2.37. The van der Waals surface area contributed by atoms with Crippen molar-refractivity contribution in [2.24, 2.45) is 0 Å². The molecule has 1 N–H and O–H groups in total. The molecule has 2 saturated heterocycles. The summed E-state index contributed by atoms with van der Waals surface area (Å²) in [6, 6.07) is 4.72. The van der Waals surface area contributed by atoms with Gasteiger partial charge in [0.1, 0.15) is 18.9 Å². The van der Waals surface area contributed by atoms with E-state index in [1.54, 1.807) is 33.9 Å². The van der Waals surface area contributed by atoms with Crippen molar-refractivity contribution in [3.63, 3.8) is 0 Å². The van der Waals surface area contributed by atoms with E-state index in [2.05, 4.69) is 4.98 Å². The number of aliphatic hydroxyl groups excluding tert-OH is 1. The Labute approximate surface area is 222 Å². The number of halogens is 5. The Bertz CT molecular complexity index is 1200. The molecule has 1 aromatic heterocycles. The summed E-state index contributed by atoms with van der Waals surface area (Å²) >= 11 is 0. The number of nitrogens with zero attached hydrogens (tertiary/aromatic N) is 5. The average Bonchev–Trinajstić information content (AvgIpc) is 3.25. The number of piperidine rings is 1. The molecule has 2 fully saturated rings. The van der Waals surface area contributed by atoms with Gasteiger partial charge in [0, 0.05) is 49.5 Å². The zero-order chi connectivity index (χ0) is 28.4. The normalized spacial score (nSPS) is 18.5. The number of anilines is 1. The molecule has 0 saturated carbocycles. The van der Waals surface area contributed by atoms with Crippen LogP contribution in [0.2, 0.25) is 0 Å². The van der Waals surface area contributed by atoms with Crippen LogP contribution in [-0.2, 0) is 24.1 Å². The molecule has 13 heteroatoms. The van der Waals surface area contributed by atoms with Crippen LogP contribution in [0.25, 0.3) is 0 Å². The number of aromatic nitrogens is 1. The number of amides is 3. The Balaban J connectivity index is 1.33. The predicted octanol–water partition coefficient (Wildman–Crippen LogP) is 3.38. The number of hydrogen-bond acceptors (Lipinski definition) is 5. The summed E-state index contributed by atoms with van der Waals surface area (Å²) in [6.07, 6.45) is -2.36. The number of hydrogen-bond donors (Lipinski definition) is 1. The predicted molar refractivity (Wildman–Crippen MR) is 131 cm³/mol. The first-order chi connectivity index (χ1) is 18.4. The topological polar surface area (TPSA) is 77.0 Å². The van der Waals surface area contributed by atoms with Gasteiger partial charge in [0.15, 0.2) is 11.6 Å². The summed E-state index contributed by atoms with van der Waals surface area (Å²) in [5, 5.41) is 9.17. The van der Waals surface area contributed by atoms with Crippen LogP contribution in [0, 0.1) is 11.6 Å². The quantitative estimate of drug-likeness (QED) is 0.291. The van der Waals surface area contributed by atoms with Crippen LogP contribution in [0.5, 0.6) is 0 Å².